The summed E-state index contributed by atoms with van der Waals surface area (Å²) >= 11 is 12.6. The standard InChI is InChI=1S/C24H29Cl2N3O/c1-16-8-10-17(11-9-16)23-15-21(24(30)27-19-6-4-2-3-5-7-19)28-29(23)22-13-12-18(25)14-20(22)26/h8-14,19,21,23,28H,2-7,15H2,1H3,(H,27,30). The van der Waals surface area contributed by atoms with Gasteiger partial charge in [0.05, 0.1) is 16.8 Å². The summed E-state index contributed by atoms with van der Waals surface area (Å²) in [5, 5.41) is 6.49. The predicted molar refractivity (Wildman–Crippen MR) is 124 cm³/mol. The molecule has 2 unspecified atom stereocenters. The van der Waals surface area contributed by atoms with E-state index in [0.717, 1.165) is 24.1 Å². The molecule has 4 rings (SSSR count). The van der Waals surface area contributed by atoms with Crippen molar-refractivity contribution in [3.8, 4) is 0 Å². The number of benzene rings is 2. The van der Waals surface area contributed by atoms with Crippen LogP contribution in [0.2, 0.25) is 10.0 Å². The molecule has 2 aromatic rings. The highest BCUT2D eigenvalue weighted by atomic mass is 35.5. The van der Waals surface area contributed by atoms with Gasteiger partial charge < -0.3 is 5.32 Å². The van der Waals surface area contributed by atoms with Gasteiger partial charge in [0.15, 0.2) is 0 Å². The SMILES string of the molecule is Cc1ccc(C2CC(C(=O)NC3CCCCCC3)NN2c2ccc(Cl)cc2Cl)cc1. The zero-order valence-electron chi connectivity index (χ0n) is 17.3. The van der Waals surface area contributed by atoms with Crippen molar-refractivity contribution in [2.24, 2.45) is 0 Å². The zero-order valence-corrected chi connectivity index (χ0v) is 18.8. The fourth-order valence-corrected chi connectivity index (χ4v) is 5.02. The van der Waals surface area contributed by atoms with Crippen molar-refractivity contribution in [3.63, 3.8) is 0 Å². The van der Waals surface area contributed by atoms with E-state index >= 15 is 0 Å². The number of anilines is 1. The van der Waals surface area contributed by atoms with Crippen LogP contribution >= 0.6 is 23.2 Å². The van der Waals surface area contributed by atoms with Crippen LogP contribution < -0.4 is 15.8 Å². The molecule has 1 heterocycles. The Labute approximate surface area is 188 Å². The lowest BCUT2D eigenvalue weighted by Crippen LogP contribution is -2.48. The Bertz CT molecular complexity index is 879. The number of rotatable bonds is 4. The Morgan fingerprint density at radius 2 is 1.73 bits per heavy atom. The molecule has 1 amide bonds. The Kier molecular flexibility index (Phi) is 6.87. The molecular formula is C24H29Cl2N3O. The molecule has 2 fully saturated rings. The number of nitrogens with one attached hydrogen (secondary N) is 2. The predicted octanol–water partition coefficient (Wildman–Crippen LogP) is 5.97. The Hall–Kier alpha value is -1.75. The molecule has 4 nitrogen and oxygen atoms in total. The first-order valence-electron chi connectivity index (χ1n) is 10.9. The molecule has 1 saturated carbocycles. The van der Waals surface area contributed by atoms with Gasteiger partial charge >= 0.3 is 0 Å². The van der Waals surface area contributed by atoms with E-state index in [1.54, 1.807) is 6.07 Å². The van der Waals surface area contributed by atoms with E-state index in [2.05, 4.69) is 41.9 Å². The minimum atomic E-state index is -0.300. The number of nitrogens with zero attached hydrogens (tertiary/aromatic N) is 1. The number of carbonyl (C=O) groups excluding carboxylic acids is 1. The van der Waals surface area contributed by atoms with Crippen LogP contribution in [0, 0.1) is 6.92 Å². The number of carbonyl (C=O) groups is 1. The van der Waals surface area contributed by atoms with E-state index < -0.39 is 0 Å². The van der Waals surface area contributed by atoms with Gasteiger partial charge in [0.2, 0.25) is 5.91 Å². The molecular weight excluding hydrogens is 417 g/mol. The number of hydrogen-bond donors (Lipinski definition) is 2. The average Bonchev–Trinajstić information content (AvgIpc) is 3.00. The highest BCUT2D eigenvalue weighted by Gasteiger charge is 2.38. The molecule has 6 heteroatoms. The lowest BCUT2D eigenvalue weighted by Gasteiger charge is -2.28. The first-order valence-corrected chi connectivity index (χ1v) is 11.6. The van der Waals surface area contributed by atoms with Crippen LogP contribution in [0.25, 0.3) is 0 Å². The topological polar surface area (TPSA) is 44.4 Å². The molecule has 0 radical (unpaired) electrons. The van der Waals surface area contributed by atoms with Crippen LogP contribution in [0.1, 0.15) is 62.1 Å². The first kappa shape index (κ1) is 21.5. The van der Waals surface area contributed by atoms with Crippen LogP contribution in [0.15, 0.2) is 42.5 Å². The van der Waals surface area contributed by atoms with E-state index in [1.807, 2.05) is 17.1 Å². The third-order valence-corrected chi connectivity index (χ3v) is 6.75. The number of aryl methyl sites for hydroxylation is 1. The summed E-state index contributed by atoms with van der Waals surface area (Å²) in [6.07, 6.45) is 7.77. The molecule has 1 aliphatic carbocycles. The van der Waals surface area contributed by atoms with Gasteiger partial charge in [-0.3, -0.25) is 9.80 Å². The molecule has 2 atom stereocenters. The number of amides is 1. The Morgan fingerprint density at radius 1 is 1.03 bits per heavy atom. The van der Waals surface area contributed by atoms with Crippen LogP contribution in [0.4, 0.5) is 5.69 Å². The normalized spacial score (nSPS) is 22.7. The largest absolute Gasteiger partial charge is 0.352 e. The summed E-state index contributed by atoms with van der Waals surface area (Å²) < 4.78 is 0. The second-order valence-electron chi connectivity index (χ2n) is 8.51. The second-order valence-corrected chi connectivity index (χ2v) is 9.35. The van der Waals surface area contributed by atoms with Crippen LogP contribution in [0.5, 0.6) is 0 Å². The fraction of sp³-hybridized carbons (Fsp3) is 0.458. The van der Waals surface area contributed by atoms with Crippen molar-refractivity contribution >= 4 is 34.8 Å². The van der Waals surface area contributed by atoms with Gasteiger partial charge in [0, 0.05) is 11.1 Å². The molecule has 1 saturated heterocycles. The van der Waals surface area contributed by atoms with Gasteiger partial charge in [-0.15, -0.1) is 0 Å². The molecule has 2 aliphatic rings. The van der Waals surface area contributed by atoms with Crippen molar-refractivity contribution in [2.75, 3.05) is 5.01 Å². The highest BCUT2D eigenvalue weighted by Crippen LogP contribution is 2.38. The zero-order chi connectivity index (χ0) is 21.1. The number of hydrazine groups is 1. The van der Waals surface area contributed by atoms with Gasteiger partial charge in [-0.2, -0.15) is 0 Å². The number of halogens is 2. The summed E-state index contributed by atoms with van der Waals surface area (Å²) in [4.78, 5) is 13.1. The first-order chi connectivity index (χ1) is 14.5. The minimum absolute atomic E-state index is 0.00848. The summed E-state index contributed by atoms with van der Waals surface area (Å²) in [7, 11) is 0. The van der Waals surface area contributed by atoms with Crippen molar-refractivity contribution in [2.45, 2.75) is 70.0 Å². The third kappa shape index (κ3) is 4.93. The van der Waals surface area contributed by atoms with Crippen LogP contribution in [0.3, 0.4) is 0 Å². The summed E-state index contributed by atoms with van der Waals surface area (Å²) in [6.45, 7) is 2.08. The Morgan fingerprint density at radius 3 is 2.40 bits per heavy atom. The highest BCUT2D eigenvalue weighted by molar-refractivity contribution is 6.36. The lowest BCUT2D eigenvalue weighted by atomic mass is 9.99. The van der Waals surface area contributed by atoms with E-state index in [1.165, 1.54) is 31.2 Å². The molecule has 2 aromatic carbocycles. The van der Waals surface area contributed by atoms with Crippen LogP contribution in [-0.2, 0) is 4.79 Å². The molecule has 160 valence electrons. The molecule has 30 heavy (non-hydrogen) atoms. The lowest BCUT2D eigenvalue weighted by molar-refractivity contribution is -0.123. The summed E-state index contributed by atoms with van der Waals surface area (Å²) in [5.74, 6) is 0.0756. The quantitative estimate of drug-likeness (QED) is 0.569. The smallest absolute Gasteiger partial charge is 0.239 e. The van der Waals surface area contributed by atoms with Gasteiger partial charge in [0.25, 0.3) is 0 Å². The van der Waals surface area contributed by atoms with Crippen molar-refractivity contribution in [1.82, 2.24) is 10.7 Å². The van der Waals surface area contributed by atoms with E-state index in [4.69, 9.17) is 23.2 Å². The summed E-state index contributed by atoms with van der Waals surface area (Å²) in [5.41, 5.74) is 6.63. The molecule has 0 bridgehead atoms. The molecule has 2 N–H and O–H groups in total. The maximum atomic E-state index is 13.1. The molecule has 0 spiro atoms. The van der Waals surface area contributed by atoms with Gasteiger partial charge in [0.1, 0.15) is 6.04 Å². The van der Waals surface area contributed by atoms with E-state index in [0.29, 0.717) is 16.5 Å². The van der Waals surface area contributed by atoms with Crippen molar-refractivity contribution in [1.29, 1.82) is 0 Å². The van der Waals surface area contributed by atoms with Crippen molar-refractivity contribution in [3.05, 3.63) is 63.6 Å². The van der Waals surface area contributed by atoms with E-state index in [9.17, 15) is 4.79 Å². The fourth-order valence-electron chi connectivity index (χ4n) is 4.52. The Balaban J connectivity index is 1.56. The maximum Gasteiger partial charge on any atom is 0.239 e. The summed E-state index contributed by atoms with van der Waals surface area (Å²) in [6, 6.07) is 13.9. The van der Waals surface area contributed by atoms with Crippen LogP contribution in [-0.4, -0.2) is 18.0 Å². The number of hydrogen-bond acceptors (Lipinski definition) is 3. The minimum Gasteiger partial charge on any atom is -0.352 e. The van der Waals surface area contributed by atoms with Crippen molar-refractivity contribution < 1.29 is 4.79 Å². The molecule has 0 aromatic heterocycles. The maximum absolute atomic E-state index is 13.1. The monoisotopic (exact) mass is 445 g/mol. The second kappa shape index (κ2) is 9.59. The van der Waals surface area contributed by atoms with E-state index in [-0.39, 0.29) is 24.0 Å². The third-order valence-electron chi connectivity index (χ3n) is 6.21. The van der Waals surface area contributed by atoms with Gasteiger partial charge in [-0.05, 0) is 49.9 Å². The molecule has 1 aliphatic heterocycles. The van der Waals surface area contributed by atoms with Gasteiger partial charge in [-0.1, -0.05) is 78.7 Å². The average molecular weight is 446 g/mol. The van der Waals surface area contributed by atoms with Gasteiger partial charge in [-0.25, -0.2) is 5.43 Å².